The summed E-state index contributed by atoms with van der Waals surface area (Å²) in [6.45, 7) is 8.01. The molecule has 112 valence electrons. The van der Waals surface area contributed by atoms with Crippen LogP contribution in [0.25, 0.3) is 0 Å². The van der Waals surface area contributed by atoms with Gasteiger partial charge in [0, 0.05) is 5.56 Å². The standard InChI is InChI=1S/C15H23FN2OS/c1-5-20-14(17)18-15(4,10-19-11(2)3)12-8-6-7-9-13(12)16/h6-9,11H,5,10H2,1-4H3,(H2,17,18)/t15-/m1/s1. The molecule has 0 bridgehead atoms. The summed E-state index contributed by atoms with van der Waals surface area (Å²) in [6, 6.07) is 6.62. The highest BCUT2D eigenvalue weighted by molar-refractivity contribution is 8.13. The van der Waals surface area contributed by atoms with Crippen LogP contribution in [-0.2, 0) is 10.3 Å². The van der Waals surface area contributed by atoms with Crippen LogP contribution in [0.5, 0.6) is 0 Å². The first kappa shape index (κ1) is 17.0. The van der Waals surface area contributed by atoms with Crippen molar-refractivity contribution in [2.45, 2.75) is 39.3 Å². The Morgan fingerprint density at radius 1 is 1.45 bits per heavy atom. The van der Waals surface area contributed by atoms with E-state index in [0.29, 0.717) is 10.7 Å². The van der Waals surface area contributed by atoms with E-state index in [0.717, 1.165) is 5.75 Å². The largest absolute Gasteiger partial charge is 0.379 e. The molecule has 0 heterocycles. The van der Waals surface area contributed by atoms with Gasteiger partial charge in [-0.25, -0.2) is 9.38 Å². The van der Waals surface area contributed by atoms with Gasteiger partial charge < -0.3 is 10.5 Å². The molecule has 2 N–H and O–H groups in total. The first-order chi connectivity index (χ1) is 9.39. The molecule has 1 aromatic carbocycles. The van der Waals surface area contributed by atoms with Crippen LogP contribution in [0.2, 0.25) is 0 Å². The molecule has 1 atom stereocenters. The van der Waals surface area contributed by atoms with Crippen LogP contribution in [0.15, 0.2) is 29.3 Å². The van der Waals surface area contributed by atoms with Crippen LogP contribution in [-0.4, -0.2) is 23.6 Å². The second-order valence-electron chi connectivity index (χ2n) is 5.00. The smallest absolute Gasteiger partial charge is 0.154 e. The molecule has 0 fully saturated rings. The van der Waals surface area contributed by atoms with Gasteiger partial charge in [0.15, 0.2) is 5.17 Å². The lowest BCUT2D eigenvalue weighted by molar-refractivity contribution is 0.0439. The first-order valence-electron chi connectivity index (χ1n) is 6.73. The molecule has 20 heavy (non-hydrogen) atoms. The molecule has 1 aromatic rings. The lowest BCUT2D eigenvalue weighted by Gasteiger charge is -2.27. The molecule has 0 amide bonds. The highest BCUT2D eigenvalue weighted by atomic mass is 32.2. The summed E-state index contributed by atoms with van der Waals surface area (Å²) in [6.07, 6.45) is 0.0522. The summed E-state index contributed by atoms with van der Waals surface area (Å²) < 4.78 is 19.7. The molecule has 0 saturated heterocycles. The Kier molecular flexibility index (Phi) is 6.49. The average Bonchev–Trinajstić information content (AvgIpc) is 2.37. The van der Waals surface area contributed by atoms with Crippen molar-refractivity contribution < 1.29 is 9.13 Å². The molecule has 3 nitrogen and oxygen atoms in total. The van der Waals surface area contributed by atoms with Crippen molar-refractivity contribution >= 4 is 16.9 Å². The third kappa shape index (κ3) is 4.80. The lowest BCUT2D eigenvalue weighted by atomic mass is 9.93. The Hall–Kier alpha value is -1.07. The minimum Gasteiger partial charge on any atom is -0.379 e. The van der Waals surface area contributed by atoms with E-state index < -0.39 is 5.54 Å². The molecule has 0 aliphatic heterocycles. The first-order valence-corrected chi connectivity index (χ1v) is 7.72. The number of thioether (sulfide) groups is 1. The molecule has 0 radical (unpaired) electrons. The maximum absolute atomic E-state index is 14.1. The molecule has 0 aromatic heterocycles. The van der Waals surface area contributed by atoms with Gasteiger partial charge in [-0.3, -0.25) is 0 Å². The zero-order chi connectivity index (χ0) is 15.2. The molecule has 5 heteroatoms. The Morgan fingerprint density at radius 3 is 2.65 bits per heavy atom. The topological polar surface area (TPSA) is 47.6 Å². The number of benzene rings is 1. The van der Waals surface area contributed by atoms with Gasteiger partial charge in [-0.15, -0.1) is 0 Å². The number of nitrogens with zero attached hydrogens (tertiary/aromatic N) is 1. The van der Waals surface area contributed by atoms with Crippen molar-refractivity contribution in [2.24, 2.45) is 10.7 Å². The Bertz CT molecular complexity index is 465. The third-order valence-electron chi connectivity index (χ3n) is 2.80. The molecule has 0 aliphatic rings. The summed E-state index contributed by atoms with van der Waals surface area (Å²) in [5.41, 5.74) is 5.58. The number of halogens is 1. The number of hydrogen-bond donors (Lipinski definition) is 1. The van der Waals surface area contributed by atoms with Crippen LogP contribution >= 0.6 is 11.8 Å². The van der Waals surface area contributed by atoms with Crippen molar-refractivity contribution in [3.8, 4) is 0 Å². The number of aliphatic imine (C=N–C) groups is 1. The fraction of sp³-hybridized carbons (Fsp3) is 0.533. The summed E-state index contributed by atoms with van der Waals surface area (Å²) in [7, 11) is 0. The van der Waals surface area contributed by atoms with Crippen molar-refractivity contribution in [1.29, 1.82) is 0 Å². The molecular weight excluding hydrogens is 275 g/mol. The van der Waals surface area contributed by atoms with Gasteiger partial charge in [-0.1, -0.05) is 36.9 Å². The van der Waals surface area contributed by atoms with E-state index in [1.165, 1.54) is 17.8 Å². The highest BCUT2D eigenvalue weighted by Gasteiger charge is 2.30. The van der Waals surface area contributed by atoms with Gasteiger partial charge in [0.1, 0.15) is 11.4 Å². The number of amidine groups is 1. The summed E-state index contributed by atoms with van der Waals surface area (Å²) in [5.74, 6) is 0.536. The Balaban J connectivity index is 3.13. The molecule has 0 saturated carbocycles. The fourth-order valence-corrected chi connectivity index (χ4v) is 2.38. The summed E-state index contributed by atoms with van der Waals surface area (Å²) >= 11 is 1.44. The molecular formula is C15H23FN2OS. The number of rotatable bonds is 6. The monoisotopic (exact) mass is 298 g/mol. The minimum atomic E-state index is -0.818. The zero-order valence-electron chi connectivity index (χ0n) is 12.5. The molecule has 0 unspecified atom stereocenters. The van der Waals surface area contributed by atoms with E-state index in [4.69, 9.17) is 10.5 Å². The number of hydrogen-bond acceptors (Lipinski definition) is 3. The van der Waals surface area contributed by atoms with Crippen molar-refractivity contribution in [3.63, 3.8) is 0 Å². The second-order valence-corrected chi connectivity index (χ2v) is 6.28. The maximum Gasteiger partial charge on any atom is 0.154 e. The van der Waals surface area contributed by atoms with Crippen LogP contribution < -0.4 is 5.73 Å². The average molecular weight is 298 g/mol. The van der Waals surface area contributed by atoms with E-state index in [9.17, 15) is 4.39 Å². The minimum absolute atomic E-state index is 0.0522. The number of nitrogens with two attached hydrogens (primary N) is 1. The van der Waals surface area contributed by atoms with E-state index in [-0.39, 0.29) is 18.5 Å². The zero-order valence-corrected chi connectivity index (χ0v) is 13.3. The molecule has 0 spiro atoms. The van der Waals surface area contributed by atoms with E-state index >= 15 is 0 Å². The van der Waals surface area contributed by atoms with Crippen molar-refractivity contribution in [1.82, 2.24) is 0 Å². The maximum atomic E-state index is 14.1. The second kappa shape index (κ2) is 7.64. The predicted molar refractivity (Wildman–Crippen MR) is 84.6 cm³/mol. The van der Waals surface area contributed by atoms with Crippen molar-refractivity contribution in [3.05, 3.63) is 35.6 Å². The third-order valence-corrected chi connectivity index (χ3v) is 3.48. The SMILES string of the molecule is CCS/C(N)=N\[C@](C)(COC(C)C)c1ccccc1F. The normalized spacial score (nSPS) is 15.4. The molecule has 1 rings (SSSR count). The van der Waals surface area contributed by atoms with Gasteiger partial charge in [0.2, 0.25) is 0 Å². The highest BCUT2D eigenvalue weighted by Crippen LogP contribution is 2.29. The van der Waals surface area contributed by atoms with Crippen LogP contribution in [0.4, 0.5) is 4.39 Å². The van der Waals surface area contributed by atoms with E-state index in [1.807, 2.05) is 27.7 Å². The van der Waals surface area contributed by atoms with Gasteiger partial charge >= 0.3 is 0 Å². The van der Waals surface area contributed by atoms with E-state index in [2.05, 4.69) is 4.99 Å². The Labute approximate surface area is 124 Å². The predicted octanol–water partition coefficient (Wildman–Crippen LogP) is 3.53. The fourth-order valence-electron chi connectivity index (χ4n) is 1.82. The summed E-state index contributed by atoms with van der Waals surface area (Å²) in [5, 5.41) is 0.450. The van der Waals surface area contributed by atoms with Crippen LogP contribution in [0, 0.1) is 5.82 Å². The van der Waals surface area contributed by atoms with Gasteiger partial charge in [-0.2, -0.15) is 0 Å². The lowest BCUT2D eigenvalue weighted by Crippen LogP contribution is -2.31. The summed E-state index contributed by atoms with van der Waals surface area (Å²) in [4.78, 5) is 4.49. The quantitative estimate of drug-likeness (QED) is 0.645. The Morgan fingerprint density at radius 2 is 2.10 bits per heavy atom. The van der Waals surface area contributed by atoms with Crippen LogP contribution in [0.3, 0.4) is 0 Å². The van der Waals surface area contributed by atoms with Gasteiger partial charge in [0.25, 0.3) is 0 Å². The van der Waals surface area contributed by atoms with Gasteiger partial charge in [0.05, 0.1) is 12.7 Å². The van der Waals surface area contributed by atoms with Crippen molar-refractivity contribution in [2.75, 3.05) is 12.4 Å². The molecule has 0 aliphatic carbocycles. The van der Waals surface area contributed by atoms with Crippen LogP contribution in [0.1, 0.15) is 33.3 Å². The number of ether oxygens (including phenoxy) is 1. The van der Waals surface area contributed by atoms with E-state index in [1.54, 1.807) is 18.2 Å². The van der Waals surface area contributed by atoms with Gasteiger partial charge in [-0.05, 0) is 32.6 Å².